The third-order valence-corrected chi connectivity index (χ3v) is 6.51. The van der Waals surface area contributed by atoms with E-state index in [0.29, 0.717) is 22.5 Å². The number of ether oxygens (including phenoxy) is 1. The summed E-state index contributed by atoms with van der Waals surface area (Å²) in [5, 5.41) is 1.78. The van der Waals surface area contributed by atoms with Gasteiger partial charge in [-0.15, -0.1) is 0 Å². The number of halogens is 1. The molecule has 0 atom stereocenters. The van der Waals surface area contributed by atoms with Gasteiger partial charge in [0.2, 0.25) is 0 Å². The molecule has 164 valence electrons. The van der Waals surface area contributed by atoms with Crippen LogP contribution in [-0.2, 0) is 12.8 Å². The number of aryl methyl sites for hydroxylation is 1. The third-order valence-electron chi connectivity index (χ3n) is 6.51. The molecule has 33 heavy (non-hydrogen) atoms. The Morgan fingerprint density at radius 2 is 1.58 bits per heavy atom. The van der Waals surface area contributed by atoms with Gasteiger partial charge in [0.15, 0.2) is 11.6 Å². The molecule has 0 aliphatic heterocycles. The minimum Gasteiger partial charge on any atom is -0.494 e. The van der Waals surface area contributed by atoms with E-state index in [1.165, 1.54) is 13.2 Å². The zero-order chi connectivity index (χ0) is 22.5. The molecule has 1 aliphatic rings. The highest BCUT2D eigenvalue weighted by Gasteiger charge is 2.23. The van der Waals surface area contributed by atoms with Crippen LogP contribution in [0.1, 0.15) is 24.0 Å². The van der Waals surface area contributed by atoms with Gasteiger partial charge in [0.25, 0.3) is 0 Å². The number of rotatable bonds is 3. The summed E-state index contributed by atoms with van der Waals surface area (Å²) in [5.74, 6) is 0.392. The molecule has 5 heteroatoms. The van der Waals surface area contributed by atoms with Crippen LogP contribution in [0.15, 0.2) is 74.3 Å². The Labute approximate surface area is 189 Å². The van der Waals surface area contributed by atoms with Gasteiger partial charge in [0, 0.05) is 33.5 Å². The maximum absolute atomic E-state index is 14.7. The molecular formula is C28H21FO4. The Hall–Kier alpha value is -3.86. The standard InChI is InChI=1S/C28H21FO4/c1-31-23-12-11-17(13-22(23)29)26-21-14-20-18-9-5-6-10-19(18)28(30)33-24(20)15-25(21)32-27(26)16-7-3-2-4-8-16/h2-4,7-8,11-15H,5-6,9-10H2,1H3. The third kappa shape index (κ3) is 3.15. The van der Waals surface area contributed by atoms with Gasteiger partial charge in [-0.1, -0.05) is 36.4 Å². The molecule has 0 bridgehead atoms. The summed E-state index contributed by atoms with van der Waals surface area (Å²) in [6.45, 7) is 0. The minimum absolute atomic E-state index is 0.189. The lowest BCUT2D eigenvalue weighted by molar-refractivity contribution is 0.386. The lowest BCUT2D eigenvalue weighted by atomic mass is 9.89. The first-order valence-electron chi connectivity index (χ1n) is 11.1. The Kier molecular flexibility index (Phi) is 4.57. The van der Waals surface area contributed by atoms with Crippen LogP contribution in [0, 0.1) is 5.82 Å². The van der Waals surface area contributed by atoms with Crippen molar-refractivity contribution in [2.45, 2.75) is 25.7 Å². The second kappa shape index (κ2) is 7.62. The molecule has 0 fully saturated rings. The molecule has 6 rings (SSSR count). The number of hydrogen-bond donors (Lipinski definition) is 0. The fraction of sp³-hybridized carbons (Fsp3) is 0.179. The van der Waals surface area contributed by atoms with E-state index in [9.17, 15) is 9.18 Å². The lowest BCUT2D eigenvalue weighted by Gasteiger charge is -2.16. The summed E-state index contributed by atoms with van der Waals surface area (Å²) in [4.78, 5) is 12.6. The van der Waals surface area contributed by atoms with Gasteiger partial charge in [0.05, 0.1) is 7.11 Å². The van der Waals surface area contributed by atoms with Crippen LogP contribution in [0.3, 0.4) is 0 Å². The topological polar surface area (TPSA) is 52.6 Å². The van der Waals surface area contributed by atoms with Gasteiger partial charge in [-0.3, -0.25) is 0 Å². The fourth-order valence-electron chi connectivity index (χ4n) is 4.94. The average Bonchev–Trinajstić information content (AvgIpc) is 3.22. The highest BCUT2D eigenvalue weighted by Crippen LogP contribution is 2.43. The molecule has 0 radical (unpaired) electrons. The van der Waals surface area contributed by atoms with E-state index in [-0.39, 0.29) is 11.4 Å². The smallest absolute Gasteiger partial charge is 0.339 e. The predicted octanol–water partition coefficient (Wildman–Crippen LogP) is 6.90. The van der Waals surface area contributed by atoms with Crippen molar-refractivity contribution in [2.24, 2.45) is 0 Å². The van der Waals surface area contributed by atoms with Gasteiger partial charge in [0.1, 0.15) is 16.9 Å². The first kappa shape index (κ1) is 19.8. The Morgan fingerprint density at radius 3 is 2.33 bits per heavy atom. The molecule has 1 aliphatic carbocycles. The Morgan fingerprint density at radius 1 is 0.818 bits per heavy atom. The molecule has 4 nitrogen and oxygen atoms in total. The van der Waals surface area contributed by atoms with Crippen LogP contribution in [0.5, 0.6) is 5.75 Å². The second-order valence-corrected chi connectivity index (χ2v) is 8.42. The van der Waals surface area contributed by atoms with E-state index in [2.05, 4.69) is 0 Å². The summed E-state index contributed by atoms with van der Waals surface area (Å²) in [5.41, 5.74) is 5.06. The minimum atomic E-state index is -0.437. The van der Waals surface area contributed by atoms with Crippen molar-refractivity contribution >= 4 is 21.9 Å². The molecular weight excluding hydrogens is 419 g/mol. The van der Waals surface area contributed by atoms with Crippen LogP contribution in [-0.4, -0.2) is 7.11 Å². The maximum Gasteiger partial charge on any atom is 0.339 e. The zero-order valence-electron chi connectivity index (χ0n) is 18.1. The number of fused-ring (bicyclic) bond motifs is 4. The Balaban J connectivity index is 1.71. The summed E-state index contributed by atoms with van der Waals surface area (Å²) >= 11 is 0. The first-order valence-corrected chi connectivity index (χ1v) is 11.1. The summed E-state index contributed by atoms with van der Waals surface area (Å²) in [6.07, 6.45) is 3.62. The Bertz CT molecular complexity index is 1580. The molecule has 3 aromatic carbocycles. The molecule has 0 saturated carbocycles. The van der Waals surface area contributed by atoms with Crippen LogP contribution in [0.2, 0.25) is 0 Å². The van der Waals surface area contributed by atoms with Crippen molar-refractivity contribution in [1.82, 2.24) is 0 Å². The van der Waals surface area contributed by atoms with Crippen molar-refractivity contribution in [1.29, 1.82) is 0 Å². The van der Waals surface area contributed by atoms with Crippen LogP contribution < -0.4 is 10.4 Å². The largest absolute Gasteiger partial charge is 0.494 e. The summed E-state index contributed by atoms with van der Waals surface area (Å²) in [7, 11) is 1.45. The number of furan rings is 1. The molecule has 0 unspecified atom stereocenters. The van der Waals surface area contributed by atoms with E-state index in [1.807, 2.05) is 42.5 Å². The fourth-order valence-corrected chi connectivity index (χ4v) is 4.94. The SMILES string of the molecule is COc1ccc(-c2c(-c3ccccc3)oc3cc4oc(=O)c5c(c4cc23)CCCC5)cc1F. The summed E-state index contributed by atoms with van der Waals surface area (Å²) < 4.78 is 31.8. The van der Waals surface area contributed by atoms with E-state index < -0.39 is 5.82 Å². The first-order chi connectivity index (χ1) is 16.1. The highest BCUT2D eigenvalue weighted by atomic mass is 19.1. The van der Waals surface area contributed by atoms with E-state index in [4.69, 9.17) is 13.6 Å². The van der Waals surface area contributed by atoms with Gasteiger partial charge in [-0.25, -0.2) is 9.18 Å². The molecule has 0 N–H and O–H groups in total. The van der Waals surface area contributed by atoms with Crippen LogP contribution in [0.25, 0.3) is 44.4 Å². The van der Waals surface area contributed by atoms with Crippen LogP contribution >= 0.6 is 0 Å². The van der Waals surface area contributed by atoms with Gasteiger partial charge in [-0.2, -0.15) is 0 Å². The van der Waals surface area contributed by atoms with Crippen molar-refractivity contribution in [2.75, 3.05) is 7.11 Å². The number of benzene rings is 3. The number of methoxy groups -OCH3 is 1. The molecule has 2 aromatic heterocycles. The van der Waals surface area contributed by atoms with Gasteiger partial charge in [-0.05, 0) is 55.0 Å². The molecule has 0 amide bonds. The highest BCUT2D eigenvalue weighted by molar-refractivity contribution is 6.07. The second-order valence-electron chi connectivity index (χ2n) is 8.42. The van der Waals surface area contributed by atoms with Crippen LogP contribution in [0.4, 0.5) is 4.39 Å². The molecule has 2 heterocycles. The van der Waals surface area contributed by atoms with Gasteiger partial charge >= 0.3 is 5.63 Å². The zero-order valence-corrected chi connectivity index (χ0v) is 18.1. The van der Waals surface area contributed by atoms with E-state index in [1.54, 1.807) is 12.1 Å². The number of hydrogen-bond acceptors (Lipinski definition) is 4. The van der Waals surface area contributed by atoms with Gasteiger partial charge < -0.3 is 13.6 Å². The average molecular weight is 440 g/mol. The quantitative estimate of drug-likeness (QED) is 0.286. The summed E-state index contributed by atoms with van der Waals surface area (Å²) in [6, 6.07) is 18.5. The van der Waals surface area contributed by atoms with Crippen molar-refractivity contribution < 1.29 is 18.0 Å². The van der Waals surface area contributed by atoms with Crippen molar-refractivity contribution in [3.8, 4) is 28.2 Å². The maximum atomic E-state index is 14.7. The van der Waals surface area contributed by atoms with E-state index >= 15 is 0 Å². The monoisotopic (exact) mass is 440 g/mol. The predicted molar refractivity (Wildman–Crippen MR) is 126 cm³/mol. The normalized spacial score (nSPS) is 13.4. The molecule has 0 saturated heterocycles. The molecule has 0 spiro atoms. The van der Waals surface area contributed by atoms with Crippen molar-refractivity contribution in [3.63, 3.8) is 0 Å². The van der Waals surface area contributed by atoms with Crippen molar-refractivity contribution in [3.05, 3.63) is 88.0 Å². The molecule has 5 aromatic rings. The van der Waals surface area contributed by atoms with E-state index in [0.717, 1.165) is 58.7 Å². The lowest BCUT2D eigenvalue weighted by Crippen LogP contribution is -2.15.